The number of nitrogens with zero attached hydrogens (tertiary/aromatic N) is 1. The zero-order chi connectivity index (χ0) is 22.7. The lowest BCUT2D eigenvalue weighted by Crippen LogP contribution is -2.32. The summed E-state index contributed by atoms with van der Waals surface area (Å²) in [5, 5.41) is 3.25. The molecule has 1 aliphatic heterocycles. The molecule has 0 saturated heterocycles. The first-order chi connectivity index (χ1) is 14.7. The van der Waals surface area contributed by atoms with Gasteiger partial charge in [0.2, 0.25) is 0 Å². The molecule has 0 saturated carbocycles. The van der Waals surface area contributed by atoms with E-state index in [1.54, 1.807) is 0 Å². The van der Waals surface area contributed by atoms with Crippen LogP contribution in [0.2, 0.25) is 0 Å². The fourth-order valence-electron chi connectivity index (χ4n) is 4.30. The number of aliphatic imine (C=N–C) groups is 1. The molecule has 2 atom stereocenters. The molecule has 2 aromatic rings. The lowest BCUT2D eigenvalue weighted by Gasteiger charge is -2.26. The number of allylic oxidation sites excluding steroid dienone is 1. The highest BCUT2D eigenvalue weighted by molar-refractivity contribution is 7.16. The van der Waals surface area contributed by atoms with Gasteiger partial charge >= 0.3 is 0 Å². The summed E-state index contributed by atoms with van der Waals surface area (Å²) in [7, 11) is 0. The maximum atomic E-state index is 13.5. The maximum Gasteiger partial charge on any atom is 0.262 e. The summed E-state index contributed by atoms with van der Waals surface area (Å²) in [5.41, 5.74) is 3.85. The van der Waals surface area contributed by atoms with Crippen LogP contribution in [0, 0.1) is 11.8 Å². The van der Waals surface area contributed by atoms with E-state index >= 15 is 0 Å². The first-order valence-corrected chi connectivity index (χ1v) is 11.9. The van der Waals surface area contributed by atoms with Crippen LogP contribution in [0.15, 0.2) is 35.8 Å². The minimum atomic E-state index is -0.0637. The molecule has 31 heavy (non-hydrogen) atoms. The zero-order valence-electron chi connectivity index (χ0n) is 19.3. The summed E-state index contributed by atoms with van der Waals surface area (Å²) in [6, 6.07) is 7.85. The van der Waals surface area contributed by atoms with Gasteiger partial charge in [-0.15, -0.1) is 11.3 Å². The normalized spacial score (nSPS) is 16.5. The van der Waals surface area contributed by atoms with Gasteiger partial charge in [-0.3, -0.25) is 9.79 Å². The topological polar surface area (TPSA) is 50.7 Å². The second kappa shape index (κ2) is 9.82. The van der Waals surface area contributed by atoms with E-state index in [1.807, 2.05) is 24.3 Å². The van der Waals surface area contributed by atoms with Crippen molar-refractivity contribution < 1.29 is 9.53 Å². The van der Waals surface area contributed by atoms with Gasteiger partial charge < -0.3 is 10.1 Å². The van der Waals surface area contributed by atoms with Crippen molar-refractivity contribution in [2.24, 2.45) is 16.8 Å². The number of rotatable bonds is 8. The molecule has 1 amide bonds. The Hall–Kier alpha value is -2.40. The highest BCUT2D eigenvalue weighted by Gasteiger charge is 2.29. The highest BCUT2D eigenvalue weighted by Crippen LogP contribution is 2.46. The van der Waals surface area contributed by atoms with Crippen LogP contribution in [0.25, 0.3) is 5.57 Å². The van der Waals surface area contributed by atoms with Crippen LogP contribution in [-0.2, 0) is 0 Å². The maximum absolute atomic E-state index is 13.5. The van der Waals surface area contributed by atoms with Crippen molar-refractivity contribution >= 4 is 35.2 Å². The minimum absolute atomic E-state index is 0.0594. The summed E-state index contributed by atoms with van der Waals surface area (Å²) in [4.78, 5) is 19.5. The number of amides is 1. The first-order valence-electron chi connectivity index (χ1n) is 11.1. The fourth-order valence-corrected chi connectivity index (χ4v) is 5.70. The molecule has 0 bridgehead atoms. The Morgan fingerprint density at radius 1 is 1.23 bits per heavy atom. The van der Waals surface area contributed by atoms with Crippen molar-refractivity contribution in [2.75, 3.05) is 6.61 Å². The van der Waals surface area contributed by atoms with E-state index in [-0.39, 0.29) is 17.9 Å². The van der Waals surface area contributed by atoms with Gasteiger partial charge in [0, 0.05) is 17.5 Å². The van der Waals surface area contributed by atoms with E-state index < -0.39 is 0 Å². The van der Waals surface area contributed by atoms with E-state index in [2.05, 4.69) is 58.2 Å². The highest BCUT2D eigenvalue weighted by atomic mass is 32.1. The van der Waals surface area contributed by atoms with Crippen molar-refractivity contribution in [2.45, 2.75) is 59.4 Å². The first kappa shape index (κ1) is 23.3. The van der Waals surface area contributed by atoms with Gasteiger partial charge in [0.25, 0.3) is 5.91 Å². The van der Waals surface area contributed by atoms with Crippen LogP contribution in [-0.4, -0.2) is 19.2 Å². The number of fused-ring (bicyclic) bond motifs is 1. The molecule has 1 aromatic carbocycles. The summed E-state index contributed by atoms with van der Waals surface area (Å²) >= 11 is 1.50. The Kier molecular flexibility index (Phi) is 7.37. The van der Waals surface area contributed by atoms with Crippen molar-refractivity contribution in [1.29, 1.82) is 0 Å². The minimum Gasteiger partial charge on any atom is -0.493 e. The summed E-state index contributed by atoms with van der Waals surface area (Å²) in [6.07, 6.45) is 1.80. The van der Waals surface area contributed by atoms with E-state index in [1.165, 1.54) is 11.3 Å². The monoisotopic (exact) mass is 438 g/mol. The second-order valence-electron chi connectivity index (χ2n) is 9.09. The number of carbonyl (C=O) groups is 1. The number of thiophene rings is 1. The Labute approximate surface area is 190 Å². The largest absolute Gasteiger partial charge is 0.493 e. The molecule has 4 nitrogen and oxygen atoms in total. The molecule has 0 spiro atoms. The smallest absolute Gasteiger partial charge is 0.262 e. The van der Waals surface area contributed by atoms with Gasteiger partial charge in [0.05, 0.1) is 28.1 Å². The lowest BCUT2D eigenvalue weighted by molar-refractivity contribution is 0.0927. The number of nitrogens with one attached hydrogen (secondary N) is 1. The molecule has 0 radical (unpaired) electrons. The van der Waals surface area contributed by atoms with Gasteiger partial charge in [-0.05, 0) is 42.5 Å². The number of carbonyl (C=O) groups excluding carboxylic acids is 1. The van der Waals surface area contributed by atoms with Gasteiger partial charge in [0.15, 0.2) is 0 Å². The number of ether oxygens (including phenoxy) is 1. The molecule has 1 aliphatic rings. The van der Waals surface area contributed by atoms with E-state index in [0.29, 0.717) is 23.3 Å². The van der Waals surface area contributed by atoms with Crippen LogP contribution in [0.1, 0.15) is 85.1 Å². The molecule has 0 aliphatic carbocycles. The zero-order valence-corrected chi connectivity index (χ0v) is 20.1. The third-order valence-electron chi connectivity index (χ3n) is 5.84. The molecule has 0 fully saturated rings. The standard InChI is InChI=1S/C26H34N2O2S/c1-15(2)14-17(5)18(6)24-23(27-7)22(16(3)4)25(31-24)26(29)28-20-12-13-30-21-11-9-8-10-19(20)21/h8-11,15-17,20H,6-7,12-14H2,1-5H3,(H,28,29)/t17?,20-/m0/s1. The Balaban J connectivity index is 1.95. The average molecular weight is 439 g/mol. The fraction of sp³-hybridized carbons (Fsp3) is 0.462. The molecular formula is C26H34N2O2S. The van der Waals surface area contributed by atoms with Crippen LogP contribution < -0.4 is 10.1 Å². The lowest BCUT2D eigenvalue weighted by atomic mass is 9.90. The summed E-state index contributed by atoms with van der Waals surface area (Å²) in [5.74, 6) is 1.84. The average Bonchev–Trinajstić information content (AvgIpc) is 3.13. The molecule has 5 heteroatoms. The summed E-state index contributed by atoms with van der Waals surface area (Å²) < 4.78 is 5.75. The Morgan fingerprint density at radius 2 is 1.94 bits per heavy atom. The van der Waals surface area contributed by atoms with Crippen molar-refractivity contribution in [3.05, 3.63) is 51.7 Å². The number of benzene rings is 1. The van der Waals surface area contributed by atoms with E-state index in [0.717, 1.165) is 45.9 Å². The molecule has 1 N–H and O–H groups in total. The van der Waals surface area contributed by atoms with Crippen molar-refractivity contribution in [3.8, 4) is 5.75 Å². The van der Waals surface area contributed by atoms with Gasteiger partial charge in [-0.1, -0.05) is 59.4 Å². The SMILES string of the molecule is C=Nc1c(C(=C)C(C)CC(C)C)sc(C(=O)N[C@H]2CCOc3ccccc32)c1C(C)C. The number of para-hydroxylation sites is 1. The van der Waals surface area contributed by atoms with Crippen molar-refractivity contribution in [1.82, 2.24) is 5.32 Å². The predicted octanol–water partition coefficient (Wildman–Crippen LogP) is 7.15. The third kappa shape index (κ3) is 4.93. The van der Waals surface area contributed by atoms with Gasteiger partial charge in [-0.25, -0.2) is 0 Å². The third-order valence-corrected chi connectivity index (χ3v) is 7.11. The van der Waals surface area contributed by atoms with Gasteiger partial charge in [0.1, 0.15) is 5.75 Å². The molecule has 1 unspecified atom stereocenters. The Bertz CT molecular complexity index is 974. The molecule has 166 valence electrons. The van der Waals surface area contributed by atoms with Crippen LogP contribution in [0.3, 0.4) is 0 Å². The van der Waals surface area contributed by atoms with Crippen LogP contribution in [0.5, 0.6) is 5.75 Å². The number of hydrogen-bond donors (Lipinski definition) is 1. The second-order valence-corrected chi connectivity index (χ2v) is 10.1. The molecule has 3 rings (SSSR count). The number of hydrogen-bond acceptors (Lipinski definition) is 4. The molecule has 1 aromatic heterocycles. The van der Waals surface area contributed by atoms with Gasteiger partial charge in [-0.2, -0.15) is 0 Å². The van der Waals surface area contributed by atoms with Crippen LogP contribution >= 0.6 is 11.3 Å². The summed E-state index contributed by atoms with van der Waals surface area (Å²) in [6.45, 7) is 19.6. The predicted molar refractivity (Wildman–Crippen MR) is 132 cm³/mol. The van der Waals surface area contributed by atoms with E-state index in [4.69, 9.17) is 4.74 Å². The molecular weight excluding hydrogens is 404 g/mol. The molecule has 2 heterocycles. The Morgan fingerprint density at radius 3 is 2.58 bits per heavy atom. The van der Waals surface area contributed by atoms with E-state index in [9.17, 15) is 4.79 Å². The quantitative estimate of drug-likeness (QED) is 0.445. The van der Waals surface area contributed by atoms with Crippen LogP contribution in [0.4, 0.5) is 5.69 Å². The van der Waals surface area contributed by atoms with Crippen molar-refractivity contribution in [3.63, 3.8) is 0 Å².